The molecular formula is C51H37NO. The average Bonchev–Trinajstić information content (AvgIpc) is 3.71. The van der Waals surface area contributed by atoms with Crippen LogP contribution in [0.4, 0.5) is 17.1 Å². The van der Waals surface area contributed by atoms with E-state index in [-0.39, 0.29) is 5.41 Å². The zero-order chi connectivity index (χ0) is 35.5. The van der Waals surface area contributed by atoms with Crippen LogP contribution in [-0.2, 0) is 5.41 Å². The molecule has 1 aromatic heterocycles. The number of para-hydroxylation sites is 2. The molecular weight excluding hydrogens is 643 g/mol. The van der Waals surface area contributed by atoms with Gasteiger partial charge in [0.15, 0.2) is 0 Å². The fourth-order valence-electron chi connectivity index (χ4n) is 8.35. The predicted molar refractivity (Wildman–Crippen MR) is 222 cm³/mol. The maximum absolute atomic E-state index is 6.41. The van der Waals surface area contributed by atoms with Gasteiger partial charge in [-0.1, -0.05) is 153 Å². The van der Waals surface area contributed by atoms with Crippen LogP contribution < -0.4 is 4.90 Å². The Morgan fingerprint density at radius 3 is 1.75 bits per heavy atom. The van der Waals surface area contributed by atoms with E-state index in [1.54, 1.807) is 0 Å². The Bertz CT molecular complexity index is 2790. The zero-order valence-corrected chi connectivity index (χ0v) is 29.8. The van der Waals surface area contributed by atoms with E-state index in [1.165, 1.54) is 44.5 Å². The first-order valence-electron chi connectivity index (χ1n) is 18.3. The highest BCUT2D eigenvalue weighted by Crippen LogP contribution is 2.50. The number of fused-ring (bicyclic) bond motifs is 6. The van der Waals surface area contributed by atoms with E-state index >= 15 is 0 Å². The monoisotopic (exact) mass is 679 g/mol. The van der Waals surface area contributed by atoms with Crippen LogP contribution >= 0.6 is 0 Å². The summed E-state index contributed by atoms with van der Waals surface area (Å²) in [6.45, 7) is 4.69. The molecule has 8 aromatic carbocycles. The van der Waals surface area contributed by atoms with E-state index in [0.29, 0.717) is 0 Å². The van der Waals surface area contributed by atoms with Gasteiger partial charge in [-0.3, -0.25) is 0 Å². The molecule has 0 amide bonds. The summed E-state index contributed by atoms with van der Waals surface area (Å²) in [5, 5.41) is 2.28. The molecule has 0 spiro atoms. The summed E-state index contributed by atoms with van der Waals surface area (Å²) in [5.41, 5.74) is 17.5. The van der Waals surface area contributed by atoms with E-state index < -0.39 is 0 Å². The Labute approximate surface area is 310 Å². The molecule has 0 aliphatic heterocycles. The van der Waals surface area contributed by atoms with Gasteiger partial charge in [0.1, 0.15) is 11.2 Å². The minimum absolute atomic E-state index is 0.0550. The summed E-state index contributed by atoms with van der Waals surface area (Å²) in [6.07, 6.45) is 0. The summed E-state index contributed by atoms with van der Waals surface area (Å²) < 4.78 is 6.41. The van der Waals surface area contributed by atoms with Crippen molar-refractivity contribution in [2.24, 2.45) is 0 Å². The van der Waals surface area contributed by atoms with Crippen molar-refractivity contribution in [3.8, 4) is 44.5 Å². The van der Waals surface area contributed by atoms with Crippen molar-refractivity contribution < 1.29 is 4.42 Å². The second kappa shape index (κ2) is 12.3. The standard InChI is InChI=1S/C51H37NO/c1-51(2)47-20-8-6-16-43(47)44-31-26-38(33-48(44)51)37-14-10-15-41(32-37)52(39-27-22-35(23-28-39)34-12-4-3-5-13-34)40-29-24-36(25-30-40)42-18-11-19-46-45-17-7-9-21-49(45)53-50(42)46/h3-33H,1-2H3. The van der Waals surface area contributed by atoms with Gasteiger partial charge >= 0.3 is 0 Å². The minimum Gasteiger partial charge on any atom is -0.455 e. The van der Waals surface area contributed by atoms with E-state index in [1.807, 2.05) is 12.1 Å². The lowest BCUT2D eigenvalue weighted by Gasteiger charge is -2.27. The largest absolute Gasteiger partial charge is 0.455 e. The molecule has 0 saturated heterocycles. The van der Waals surface area contributed by atoms with Crippen LogP contribution in [0, 0.1) is 0 Å². The molecule has 9 aromatic rings. The van der Waals surface area contributed by atoms with Crippen LogP contribution in [0.3, 0.4) is 0 Å². The normalized spacial score (nSPS) is 12.9. The van der Waals surface area contributed by atoms with Gasteiger partial charge in [0.05, 0.1) is 0 Å². The highest BCUT2D eigenvalue weighted by molar-refractivity contribution is 6.09. The van der Waals surface area contributed by atoms with Crippen LogP contribution in [0.5, 0.6) is 0 Å². The number of nitrogens with zero attached hydrogens (tertiary/aromatic N) is 1. The molecule has 0 fully saturated rings. The topological polar surface area (TPSA) is 16.4 Å². The van der Waals surface area contributed by atoms with Crippen molar-refractivity contribution in [1.29, 1.82) is 0 Å². The van der Waals surface area contributed by atoms with Crippen molar-refractivity contribution in [2.45, 2.75) is 19.3 Å². The van der Waals surface area contributed by atoms with Gasteiger partial charge in [-0.15, -0.1) is 0 Å². The van der Waals surface area contributed by atoms with Gasteiger partial charge in [0.2, 0.25) is 0 Å². The van der Waals surface area contributed by atoms with Crippen molar-refractivity contribution in [3.63, 3.8) is 0 Å². The number of hydrogen-bond acceptors (Lipinski definition) is 2. The fourth-order valence-corrected chi connectivity index (χ4v) is 8.35. The van der Waals surface area contributed by atoms with Crippen LogP contribution in [0.1, 0.15) is 25.0 Å². The molecule has 1 heterocycles. The van der Waals surface area contributed by atoms with Crippen molar-refractivity contribution in [1.82, 2.24) is 0 Å². The molecule has 0 bridgehead atoms. The maximum Gasteiger partial charge on any atom is 0.143 e. The number of furan rings is 1. The second-order valence-electron chi connectivity index (χ2n) is 14.6. The lowest BCUT2D eigenvalue weighted by molar-refractivity contribution is 0.660. The van der Waals surface area contributed by atoms with Gasteiger partial charge in [0.25, 0.3) is 0 Å². The first kappa shape index (κ1) is 31.1. The molecule has 10 rings (SSSR count). The van der Waals surface area contributed by atoms with Crippen LogP contribution in [0.15, 0.2) is 192 Å². The van der Waals surface area contributed by atoms with Crippen LogP contribution in [0.25, 0.3) is 66.4 Å². The molecule has 0 saturated carbocycles. The first-order chi connectivity index (χ1) is 26.0. The molecule has 1 aliphatic carbocycles. The summed E-state index contributed by atoms with van der Waals surface area (Å²) in [5.74, 6) is 0. The quantitative estimate of drug-likeness (QED) is 0.174. The molecule has 2 heteroatoms. The van der Waals surface area contributed by atoms with Gasteiger partial charge in [-0.2, -0.15) is 0 Å². The Morgan fingerprint density at radius 2 is 0.943 bits per heavy atom. The number of rotatable bonds is 6. The number of hydrogen-bond donors (Lipinski definition) is 0. The summed E-state index contributed by atoms with van der Waals surface area (Å²) in [6, 6.07) is 67.8. The SMILES string of the molecule is CC1(C)c2ccccc2-c2ccc(-c3cccc(N(c4ccc(-c5ccccc5)cc4)c4ccc(-c5cccc6c5oc5ccccc56)cc4)c3)cc21. The molecule has 1 aliphatic rings. The van der Waals surface area contributed by atoms with Gasteiger partial charge < -0.3 is 9.32 Å². The van der Waals surface area contributed by atoms with E-state index in [2.05, 4.69) is 195 Å². The number of anilines is 3. The third kappa shape index (κ3) is 5.18. The van der Waals surface area contributed by atoms with Crippen molar-refractivity contribution in [2.75, 3.05) is 4.90 Å². The highest BCUT2D eigenvalue weighted by Gasteiger charge is 2.35. The van der Waals surface area contributed by atoms with E-state index in [9.17, 15) is 0 Å². The van der Waals surface area contributed by atoms with Gasteiger partial charge in [-0.25, -0.2) is 0 Å². The van der Waals surface area contributed by atoms with E-state index in [4.69, 9.17) is 4.42 Å². The summed E-state index contributed by atoms with van der Waals surface area (Å²) >= 11 is 0. The Balaban J connectivity index is 1.06. The lowest BCUT2D eigenvalue weighted by atomic mass is 9.81. The lowest BCUT2D eigenvalue weighted by Crippen LogP contribution is -2.14. The van der Waals surface area contributed by atoms with Gasteiger partial charge in [-0.05, 0) is 98.6 Å². The first-order valence-corrected chi connectivity index (χ1v) is 18.3. The van der Waals surface area contributed by atoms with Gasteiger partial charge in [0, 0.05) is 38.8 Å². The molecule has 0 unspecified atom stereocenters. The smallest absolute Gasteiger partial charge is 0.143 e. The number of benzene rings is 8. The molecule has 53 heavy (non-hydrogen) atoms. The molecule has 2 nitrogen and oxygen atoms in total. The molecule has 252 valence electrons. The highest BCUT2D eigenvalue weighted by atomic mass is 16.3. The average molecular weight is 680 g/mol. The molecule has 0 N–H and O–H groups in total. The Morgan fingerprint density at radius 1 is 0.377 bits per heavy atom. The minimum atomic E-state index is -0.0550. The Kier molecular flexibility index (Phi) is 7.19. The third-order valence-electron chi connectivity index (χ3n) is 11.1. The van der Waals surface area contributed by atoms with Crippen molar-refractivity contribution >= 4 is 39.0 Å². The summed E-state index contributed by atoms with van der Waals surface area (Å²) in [4.78, 5) is 2.36. The Hall–Kier alpha value is -6.64. The third-order valence-corrected chi connectivity index (χ3v) is 11.1. The molecule has 0 atom stereocenters. The zero-order valence-electron chi connectivity index (χ0n) is 29.8. The van der Waals surface area contributed by atoms with Crippen LogP contribution in [0.2, 0.25) is 0 Å². The second-order valence-corrected chi connectivity index (χ2v) is 14.6. The predicted octanol–water partition coefficient (Wildman–Crippen LogP) is 14.4. The maximum atomic E-state index is 6.41. The van der Waals surface area contributed by atoms with E-state index in [0.717, 1.165) is 50.1 Å². The summed E-state index contributed by atoms with van der Waals surface area (Å²) in [7, 11) is 0. The van der Waals surface area contributed by atoms with Crippen molar-refractivity contribution in [3.05, 3.63) is 199 Å². The molecule has 0 radical (unpaired) electrons. The van der Waals surface area contributed by atoms with Crippen LogP contribution in [-0.4, -0.2) is 0 Å². The fraction of sp³-hybridized carbons (Fsp3) is 0.0588.